The summed E-state index contributed by atoms with van der Waals surface area (Å²) in [7, 11) is 0. The van der Waals surface area contributed by atoms with Crippen LogP contribution in [0.25, 0.3) is 22.3 Å². The van der Waals surface area contributed by atoms with Crippen LogP contribution in [0.3, 0.4) is 0 Å². The van der Waals surface area contributed by atoms with E-state index in [1.54, 1.807) is 6.07 Å². The smallest absolute Gasteiger partial charge is 0.259 e. The minimum atomic E-state index is -0.114. The lowest BCUT2D eigenvalue weighted by molar-refractivity contribution is 0.969. The molecule has 0 aliphatic heterocycles. The van der Waals surface area contributed by atoms with Crippen LogP contribution in [0.4, 0.5) is 0 Å². The molecule has 0 fully saturated rings. The first kappa shape index (κ1) is 12.6. The topological polar surface area (TPSA) is 71.8 Å². The molecule has 3 rings (SSSR count). The average Bonchev–Trinajstić information content (AvgIpc) is 2.48. The summed E-state index contributed by atoms with van der Waals surface area (Å²) in [5.41, 5.74) is 8.20. The van der Waals surface area contributed by atoms with Gasteiger partial charge in [-0.05, 0) is 30.7 Å². The van der Waals surface area contributed by atoms with Crippen LogP contribution >= 0.6 is 0 Å². The Morgan fingerprint density at radius 1 is 1.05 bits per heavy atom. The van der Waals surface area contributed by atoms with Crippen molar-refractivity contribution in [1.82, 2.24) is 9.97 Å². The maximum atomic E-state index is 12.0. The number of H-pyrrole nitrogens is 1. The first-order valence-corrected chi connectivity index (χ1v) is 6.56. The van der Waals surface area contributed by atoms with Crippen molar-refractivity contribution in [2.24, 2.45) is 5.73 Å². The summed E-state index contributed by atoms with van der Waals surface area (Å²) >= 11 is 0. The summed E-state index contributed by atoms with van der Waals surface area (Å²) in [5.74, 6) is 0.591. The monoisotopic (exact) mass is 265 g/mol. The fourth-order valence-electron chi connectivity index (χ4n) is 2.22. The van der Waals surface area contributed by atoms with Gasteiger partial charge in [0.05, 0.1) is 10.9 Å². The zero-order valence-corrected chi connectivity index (χ0v) is 11.0. The molecule has 2 aromatic carbocycles. The van der Waals surface area contributed by atoms with E-state index in [4.69, 9.17) is 5.73 Å². The maximum Gasteiger partial charge on any atom is 0.259 e. The van der Waals surface area contributed by atoms with Crippen LogP contribution in [0.1, 0.15) is 5.56 Å². The molecule has 4 heteroatoms. The Kier molecular flexibility index (Phi) is 3.31. The number of hydrogen-bond donors (Lipinski definition) is 2. The molecule has 0 amide bonds. The molecule has 3 N–H and O–H groups in total. The van der Waals surface area contributed by atoms with Gasteiger partial charge in [-0.3, -0.25) is 4.79 Å². The Morgan fingerprint density at radius 3 is 2.55 bits per heavy atom. The van der Waals surface area contributed by atoms with Crippen LogP contribution < -0.4 is 11.3 Å². The van der Waals surface area contributed by atoms with Gasteiger partial charge >= 0.3 is 0 Å². The van der Waals surface area contributed by atoms with E-state index in [0.29, 0.717) is 23.3 Å². The molecule has 0 unspecified atom stereocenters. The molecule has 0 saturated heterocycles. The van der Waals surface area contributed by atoms with Crippen molar-refractivity contribution in [1.29, 1.82) is 0 Å². The predicted octanol–water partition coefficient (Wildman–Crippen LogP) is 2.09. The number of aromatic nitrogens is 2. The standard InChI is InChI=1S/C16H15N3O/c17-10-9-11-5-7-12(8-6-11)15-18-14-4-2-1-3-13(14)16(20)19-15/h1-8H,9-10,17H2,(H,18,19,20). The number of nitrogens with zero attached hydrogens (tertiary/aromatic N) is 1. The van der Waals surface area contributed by atoms with Crippen molar-refractivity contribution in [3.8, 4) is 11.4 Å². The first-order valence-electron chi connectivity index (χ1n) is 6.56. The molecule has 0 aliphatic rings. The van der Waals surface area contributed by atoms with Gasteiger partial charge in [0.15, 0.2) is 0 Å². The van der Waals surface area contributed by atoms with Gasteiger partial charge < -0.3 is 10.7 Å². The summed E-state index contributed by atoms with van der Waals surface area (Å²) in [6.45, 7) is 0.629. The number of fused-ring (bicyclic) bond motifs is 1. The van der Waals surface area contributed by atoms with E-state index >= 15 is 0 Å². The SMILES string of the molecule is NCCc1ccc(-c2nc3ccccc3c(=O)[nH]2)cc1. The van der Waals surface area contributed by atoms with Gasteiger partial charge in [0.2, 0.25) is 0 Å². The van der Waals surface area contributed by atoms with E-state index in [1.807, 2.05) is 42.5 Å². The van der Waals surface area contributed by atoms with Gasteiger partial charge in [0.1, 0.15) is 5.82 Å². The van der Waals surface area contributed by atoms with Gasteiger partial charge in [-0.2, -0.15) is 0 Å². The Hall–Kier alpha value is -2.46. The van der Waals surface area contributed by atoms with Crippen LogP contribution in [0.5, 0.6) is 0 Å². The minimum absolute atomic E-state index is 0.114. The lowest BCUT2D eigenvalue weighted by atomic mass is 10.1. The average molecular weight is 265 g/mol. The van der Waals surface area contributed by atoms with E-state index < -0.39 is 0 Å². The van der Waals surface area contributed by atoms with Crippen molar-refractivity contribution in [3.63, 3.8) is 0 Å². The summed E-state index contributed by atoms with van der Waals surface area (Å²) in [4.78, 5) is 19.4. The molecular formula is C16H15N3O. The number of rotatable bonds is 3. The third kappa shape index (κ3) is 2.33. The van der Waals surface area contributed by atoms with Gasteiger partial charge in [-0.1, -0.05) is 36.4 Å². The van der Waals surface area contributed by atoms with Crippen LogP contribution in [-0.2, 0) is 6.42 Å². The van der Waals surface area contributed by atoms with Crippen molar-refractivity contribution >= 4 is 10.9 Å². The molecular weight excluding hydrogens is 250 g/mol. The van der Waals surface area contributed by atoms with Gasteiger partial charge in [0, 0.05) is 5.56 Å². The summed E-state index contributed by atoms with van der Waals surface area (Å²) in [6, 6.07) is 15.3. The minimum Gasteiger partial charge on any atom is -0.330 e. The molecule has 4 nitrogen and oxygen atoms in total. The van der Waals surface area contributed by atoms with Gasteiger partial charge in [-0.25, -0.2) is 4.98 Å². The number of hydrogen-bond acceptors (Lipinski definition) is 3. The van der Waals surface area contributed by atoms with Gasteiger partial charge in [0.25, 0.3) is 5.56 Å². The number of benzene rings is 2. The third-order valence-electron chi connectivity index (χ3n) is 3.27. The van der Waals surface area contributed by atoms with E-state index in [2.05, 4.69) is 9.97 Å². The molecule has 0 spiro atoms. The van der Waals surface area contributed by atoms with E-state index in [0.717, 1.165) is 12.0 Å². The second-order valence-electron chi connectivity index (χ2n) is 4.67. The quantitative estimate of drug-likeness (QED) is 0.761. The molecule has 1 aromatic heterocycles. The Morgan fingerprint density at radius 2 is 1.80 bits per heavy atom. The third-order valence-corrected chi connectivity index (χ3v) is 3.27. The van der Waals surface area contributed by atoms with Crippen LogP contribution in [-0.4, -0.2) is 16.5 Å². The highest BCUT2D eigenvalue weighted by Gasteiger charge is 2.05. The lowest BCUT2D eigenvalue weighted by Gasteiger charge is -2.04. The fourth-order valence-corrected chi connectivity index (χ4v) is 2.22. The second-order valence-corrected chi connectivity index (χ2v) is 4.67. The zero-order chi connectivity index (χ0) is 13.9. The number of para-hydroxylation sites is 1. The lowest BCUT2D eigenvalue weighted by Crippen LogP contribution is -2.09. The van der Waals surface area contributed by atoms with Crippen molar-refractivity contribution < 1.29 is 0 Å². The molecule has 1 heterocycles. The molecule has 0 bridgehead atoms. The molecule has 100 valence electrons. The first-order chi connectivity index (χ1) is 9.78. The molecule has 0 radical (unpaired) electrons. The van der Waals surface area contributed by atoms with Crippen LogP contribution in [0.15, 0.2) is 53.3 Å². The summed E-state index contributed by atoms with van der Waals surface area (Å²) in [6.07, 6.45) is 0.849. The number of aromatic amines is 1. The summed E-state index contributed by atoms with van der Waals surface area (Å²) < 4.78 is 0. The second kappa shape index (κ2) is 5.27. The fraction of sp³-hybridized carbons (Fsp3) is 0.125. The van der Waals surface area contributed by atoms with Gasteiger partial charge in [-0.15, -0.1) is 0 Å². The van der Waals surface area contributed by atoms with E-state index in [-0.39, 0.29) is 5.56 Å². The summed E-state index contributed by atoms with van der Waals surface area (Å²) in [5, 5.41) is 0.607. The zero-order valence-electron chi connectivity index (χ0n) is 11.0. The Bertz CT molecular complexity index is 791. The highest BCUT2D eigenvalue weighted by molar-refractivity contribution is 5.79. The molecule has 20 heavy (non-hydrogen) atoms. The molecule has 0 atom stereocenters. The highest BCUT2D eigenvalue weighted by Crippen LogP contribution is 2.17. The predicted molar refractivity (Wildman–Crippen MR) is 80.6 cm³/mol. The van der Waals surface area contributed by atoms with Crippen molar-refractivity contribution in [3.05, 3.63) is 64.4 Å². The maximum absolute atomic E-state index is 12.0. The molecule has 3 aromatic rings. The number of nitrogens with two attached hydrogens (primary N) is 1. The Labute approximate surface area is 116 Å². The molecule has 0 aliphatic carbocycles. The van der Waals surface area contributed by atoms with E-state index in [9.17, 15) is 4.79 Å². The Balaban J connectivity index is 2.07. The largest absolute Gasteiger partial charge is 0.330 e. The van der Waals surface area contributed by atoms with Crippen molar-refractivity contribution in [2.75, 3.05) is 6.54 Å². The van der Waals surface area contributed by atoms with E-state index in [1.165, 1.54) is 5.56 Å². The molecule has 0 saturated carbocycles. The highest BCUT2D eigenvalue weighted by atomic mass is 16.1. The van der Waals surface area contributed by atoms with Crippen LogP contribution in [0, 0.1) is 0 Å². The normalized spacial score (nSPS) is 10.8. The number of nitrogens with one attached hydrogen (secondary N) is 1. The van der Waals surface area contributed by atoms with Crippen molar-refractivity contribution in [2.45, 2.75) is 6.42 Å². The van der Waals surface area contributed by atoms with Crippen LogP contribution in [0.2, 0.25) is 0 Å².